The average molecular weight is 254 g/mol. The molecule has 106 valence electrons. The first-order chi connectivity index (χ1) is 8.63. The Morgan fingerprint density at radius 2 is 1.72 bits per heavy atom. The van der Waals surface area contributed by atoms with Crippen molar-refractivity contribution in [2.75, 3.05) is 32.7 Å². The van der Waals surface area contributed by atoms with Gasteiger partial charge in [-0.2, -0.15) is 0 Å². The summed E-state index contributed by atoms with van der Waals surface area (Å²) in [7, 11) is 0. The van der Waals surface area contributed by atoms with E-state index in [2.05, 4.69) is 23.6 Å². The Morgan fingerprint density at radius 1 is 1.11 bits per heavy atom. The number of hydrogen-bond acceptors (Lipinski definition) is 3. The van der Waals surface area contributed by atoms with Gasteiger partial charge in [-0.25, -0.2) is 0 Å². The molecule has 2 heterocycles. The molecule has 2 fully saturated rings. The van der Waals surface area contributed by atoms with E-state index in [1.165, 1.54) is 38.8 Å². The number of rotatable bonds is 5. The molecule has 1 unspecified atom stereocenters. The molecular formula is C15H30N2O. The molecule has 0 spiro atoms. The molecule has 0 saturated carbocycles. The van der Waals surface area contributed by atoms with Crippen LogP contribution in [0.3, 0.4) is 0 Å². The van der Waals surface area contributed by atoms with Crippen LogP contribution in [-0.4, -0.2) is 59.3 Å². The highest BCUT2D eigenvalue weighted by Gasteiger charge is 2.35. The standard InChI is InChI=1S/C15H30N2O/c1-3-6-14(2)17-11-7-15(18,8-12-17)13-16-9-4-5-10-16/h14,18H,3-13H2,1-2H3. The molecule has 2 aliphatic heterocycles. The summed E-state index contributed by atoms with van der Waals surface area (Å²) in [5.41, 5.74) is -0.410. The van der Waals surface area contributed by atoms with Crippen molar-refractivity contribution in [2.45, 2.75) is 64.0 Å². The number of hydrogen-bond donors (Lipinski definition) is 1. The zero-order valence-corrected chi connectivity index (χ0v) is 12.2. The highest BCUT2D eigenvalue weighted by Crippen LogP contribution is 2.26. The molecule has 0 aromatic heterocycles. The summed E-state index contributed by atoms with van der Waals surface area (Å²) in [6.45, 7) is 10.0. The monoisotopic (exact) mass is 254 g/mol. The fourth-order valence-electron chi connectivity index (χ4n) is 3.50. The van der Waals surface area contributed by atoms with Gasteiger partial charge in [0.05, 0.1) is 5.60 Å². The van der Waals surface area contributed by atoms with E-state index >= 15 is 0 Å². The Kier molecular flexibility index (Phi) is 5.05. The molecule has 0 amide bonds. The minimum Gasteiger partial charge on any atom is -0.388 e. The molecule has 3 heteroatoms. The van der Waals surface area contributed by atoms with Gasteiger partial charge in [0.1, 0.15) is 0 Å². The summed E-state index contributed by atoms with van der Waals surface area (Å²) >= 11 is 0. The Hall–Kier alpha value is -0.120. The van der Waals surface area contributed by atoms with Crippen molar-refractivity contribution in [3.63, 3.8) is 0 Å². The van der Waals surface area contributed by atoms with Gasteiger partial charge in [0.15, 0.2) is 0 Å². The molecule has 0 radical (unpaired) electrons. The predicted octanol–water partition coefficient (Wildman–Crippen LogP) is 2.10. The Balaban J connectivity index is 1.77. The molecule has 2 aliphatic rings. The molecule has 2 saturated heterocycles. The zero-order valence-electron chi connectivity index (χ0n) is 12.2. The summed E-state index contributed by atoms with van der Waals surface area (Å²) < 4.78 is 0. The average Bonchev–Trinajstić information content (AvgIpc) is 2.82. The lowest BCUT2D eigenvalue weighted by Gasteiger charge is -2.42. The number of aliphatic hydroxyl groups is 1. The van der Waals surface area contributed by atoms with Gasteiger partial charge in [-0.3, -0.25) is 0 Å². The number of likely N-dealkylation sites (tertiary alicyclic amines) is 2. The number of β-amino-alcohol motifs (C(OH)–C–C–N with tert-alkyl or cyclic N) is 1. The van der Waals surface area contributed by atoms with Crippen LogP contribution in [0.4, 0.5) is 0 Å². The van der Waals surface area contributed by atoms with Crippen molar-refractivity contribution < 1.29 is 5.11 Å². The lowest BCUT2D eigenvalue weighted by molar-refractivity contribution is -0.0485. The molecule has 3 nitrogen and oxygen atoms in total. The largest absolute Gasteiger partial charge is 0.388 e. The molecule has 1 N–H and O–H groups in total. The number of nitrogens with zero attached hydrogens (tertiary/aromatic N) is 2. The predicted molar refractivity (Wildman–Crippen MR) is 75.8 cm³/mol. The van der Waals surface area contributed by atoms with Gasteiger partial charge in [0.2, 0.25) is 0 Å². The van der Waals surface area contributed by atoms with Gasteiger partial charge >= 0.3 is 0 Å². The van der Waals surface area contributed by atoms with Gasteiger partial charge in [-0.05, 0) is 52.1 Å². The summed E-state index contributed by atoms with van der Waals surface area (Å²) in [6.07, 6.45) is 7.08. The molecule has 0 aliphatic carbocycles. The van der Waals surface area contributed by atoms with Crippen molar-refractivity contribution in [1.82, 2.24) is 9.80 Å². The highest BCUT2D eigenvalue weighted by molar-refractivity contribution is 4.90. The molecule has 18 heavy (non-hydrogen) atoms. The van der Waals surface area contributed by atoms with Crippen LogP contribution in [0.2, 0.25) is 0 Å². The first-order valence-electron chi connectivity index (χ1n) is 7.82. The van der Waals surface area contributed by atoms with E-state index in [1.54, 1.807) is 0 Å². The summed E-state index contributed by atoms with van der Waals surface area (Å²) in [5, 5.41) is 10.7. The Bertz CT molecular complexity index is 243. The third-order valence-electron chi connectivity index (χ3n) is 4.78. The molecular weight excluding hydrogens is 224 g/mol. The summed E-state index contributed by atoms with van der Waals surface area (Å²) in [6, 6.07) is 0.686. The van der Waals surface area contributed by atoms with E-state index in [-0.39, 0.29) is 0 Å². The van der Waals surface area contributed by atoms with Crippen LogP contribution in [0.1, 0.15) is 52.4 Å². The molecule has 0 aromatic carbocycles. The van der Waals surface area contributed by atoms with E-state index in [0.29, 0.717) is 6.04 Å². The lowest BCUT2D eigenvalue weighted by atomic mass is 9.90. The zero-order chi connectivity index (χ0) is 13.0. The SMILES string of the molecule is CCCC(C)N1CCC(O)(CN2CCCC2)CC1. The van der Waals surface area contributed by atoms with Gasteiger partial charge in [-0.15, -0.1) is 0 Å². The van der Waals surface area contributed by atoms with Crippen LogP contribution in [0, 0.1) is 0 Å². The van der Waals surface area contributed by atoms with Crippen molar-refractivity contribution in [2.24, 2.45) is 0 Å². The van der Waals surface area contributed by atoms with E-state index in [1.807, 2.05) is 0 Å². The van der Waals surface area contributed by atoms with E-state index in [9.17, 15) is 5.11 Å². The maximum atomic E-state index is 10.7. The van der Waals surface area contributed by atoms with E-state index < -0.39 is 5.60 Å². The second-order valence-electron chi connectivity index (χ2n) is 6.38. The van der Waals surface area contributed by atoms with Crippen molar-refractivity contribution in [1.29, 1.82) is 0 Å². The van der Waals surface area contributed by atoms with Gasteiger partial charge in [0.25, 0.3) is 0 Å². The van der Waals surface area contributed by atoms with Gasteiger partial charge in [0, 0.05) is 25.7 Å². The van der Waals surface area contributed by atoms with E-state index in [0.717, 1.165) is 32.5 Å². The topological polar surface area (TPSA) is 26.7 Å². The number of piperidine rings is 1. The molecule has 2 rings (SSSR count). The normalized spacial score (nSPS) is 27.5. The van der Waals surface area contributed by atoms with Gasteiger partial charge in [-0.1, -0.05) is 13.3 Å². The summed E-state index contributed by atoms with van der Waals surface area (Å²) in [4.78, 5) is 5.01. The fraction of sp³-hybridized carbons (Fsp3) is 1.00. The van der Waals surface area contributed by atoms with Crippen LogP contribution in [-0.2, 0) is 0 Å². The summed E-state index contributed by atoms with van der Waals surface area (Å²) in [5.74, 6) is 0. The quantitative estimate of drug-likeness (QED) is 0.814. The Morgan fingerprint density at radius 3 is 2.28 bits per heavy atom. The van der Waals surface area contributed by atoms with Crippen LogP contribution >= 0.6 is 0 Å². The third-order valence-corrected chi connectivity index (χ3v) is 4.78. The molecule has 0 bridgehead atoms. The van der Waals surface area contributed by atoms with Crippen molar-refractivity contribution >= 4 is 0 Å². The van der Waals surface area contributed by atoms with Crippen molar-refractivity contribution in [3.05, 3.63) is 0 Å². The molecule has 0 aromatic rings. The van der Waals surface area contributed by atoms with Crippen molar-refractivity contribution in [3.8, 4) is 0 Å². The highest BCUT2D eigenvalue weighted by atomic mass is 16.3. The second kappa shape index (κ2) is 6.36. The minimum atomic E-state index is -0.410. The first kappa shape index (κ1) is 14.3. The fourth-order valence-corrected chi connectivity index (χ4v) is 3.50. The van der Waals surface area contributed by atoms with Gasteiger partial charge < -0.3 is 14.9 Å². The maximum absolute atomic E-state index is 10.7. The maximum Gasteiger partial charge on any atom is 0.0798 e. The smallest absolute Gasteiger partial charge is 0.0798 e. The van der Waals surface area contributed by atoms with Crippen LogP contribution in [0.5, 0.6) is 0 Å². The van der Waals surface area contributed by atoms with E-state index in [4.69, 9.17) is 0 Å². The minimum absolute atomic E-state index is 0.410. The Labute approximate surface area is 112 Å². The lowest BCUT2D eigenvalue weighted by Crippen LogP contribution is -2.52. The van der Waals surface area contributed by atoms with Crippen LogP contribution < -0.4 is 0 Å². The third kappa shape index (κ3) is 3.69. The van der Waals surface area contributed by atoms with Crippen LogP contribution in [0.15, 0.2) is 0 Å². The van der Waals surface area contributed by atoms with Crippen LogP contribution in [0.25, 0.3) is 0 Å². The second-order valence-corrected chi connectivity index (χ2v) is 6.38. The molecule has 1 atom stereocenters. The first-order valence-corrected chi connectivity index (χ1v) is 7.82.